The van der Waals surface area contributed by atoms with E-state index in [1.54, 1.807) is 42.5 Å². The van der Waals surface area contributed by atoms with Crippen molar-refractivity contribution in [1.29, 1.82) is 0 Å². The molecule has 0 saturated carbocycles. The number of nitrogens with zero attached hydrogens (tertiary/aromatic N) is 2. The lowest BCUT2D eigenvalue weighted by atomic mass is 10.2. The van der Waals surface area contributed by atoms with Crippen LogP contribution < -0.4 is 22.1 Å². The Morgan fingerprint density at radius 2 is 1.71 bits per heavy atom. The fraction of sp³-hybridized carbons (Fsp3) is 0.0909. The molecule has 2 aromatic heterocycles. The van der Waals surface area contributed by atoms with Crippen LogP contribution >= 0.6 is 0 Å². The number of nitrogens with two attached hydrogens (primary N) is 1. The molecule has 0 radical (unpaired) electrons. The molecule has 198 valence electrons. The van der Waals surface area contributed by atoms with Crippen LogP contribution in [-0.4, -0.2) is 51.2 Å². The molecule has 38 heavy (non-hydrogen) atoms. The number of primary amides is 1. The number of rotatable bonds is 6. The number of hydrogen-bond acceptors (Lipinski definition) is 10. The van der Waals surface area contributed by atoms with Gasteiger partial charge in [0.15, 0.2) is 11.4 Å². The molecule has 0 saturated heterocycles. The Hall–Kier alpha value is -5.41. The Balaban J connectivity index is 0.000000505. The number of benzene rings is 2. The van der Waals surface area contributed by atoms with E-state index in [0.717, 1.165) is 0 Å². The molecule has 0 fully saturated rings. The van der Waals surface area contributed by atoms with Crippen molar-refractivity contribution in [3.8, 4) is 0 Å². The fourth-order valence-electron chi connectivity index (χ4n) is 2.81. The van der Waals surface area contributed by atoms with Gasteiger partial charge in [0, 0.05) is 23.1 Å². The number of alkyl halides is 3. The smallest absolute Gasteiger partial charge is 0.475 e. The number of hydrogen-bond donors (Lipinski definition) is 5. The molecule has 4 aromatic rings. The van der Waals surface area contributed by atoms with E-state index in [9.17, 15) is 27.6 Å². The summed E-state index contributed by atoms with van der Waals surface area (Å²) in [5, 5.41) is 13.1. The minimum atomic E-state index is -5.08. The Kier molecular flexibility index (Phi) is 7.94. The molecule has 0 aliphatic carbocycles. The normalized spacial score (nSPS) is 10.7. The van der Waals surface area contributed by atoms with E-state index >= 15 is 0 Å². The van der Waals surface area contributed by atoms with E-state index in [1.165, 1.54) is 13.3 Å². The van der Waals surface area contributed by atoms with Crippen LogP contribution in [0.1, 0.15) is 20.7 Å². The van der Waals surface area contributed by atoms with Gasteiger partial charge in [0.2, 0.25) is 11.9 Å². The van der Waals surface area contributed by atoms with Crippen LogP contribution in [0, 0.1) is 0 Å². The number of anilines is 4. The van der Waals surface area contributed by atoms with Gasteiger partial charge in [-0.25, -0.2) is 19.4 Å². The number of carbonyl (C=O) groups excluding carboxylic acids is 2. The molecule has 0 atom stereocenters. The van der Waals surface area contributed by atoms with Gasteiger partial charge in [-0.1, -0.05) is 0 Å². The molecule has 0 bridgehead atoms. The number of methoxy groups -OCH3 is 1. The molecular weight excluding hydrogens is 517 g/mol. The quantitative estimate of drug-likeness (QED) is 0.228. The molecule has 0 unspecified atom stereocenters. The largest absolute Gasteiger partial charge is 0.490 e. The number of aromatic nitrogens is 3. The zero-order valence-electron chi connectivity index (χ0n) is 19.1. The van der Waals surface area contributed by atoms with Crippen molar-refractivity contribution in [3.05, 3.63) is 70.3 Å². The summed E-state index contributed by atoms with van der Waals surface area (Å²) in [6, 6.07) is 11.3. The average Bonchev–Trinajstić information content (AvgIpc) is 3.23. The second kappa shape index (κ2) is 11.1. The number of carboxylic acids is 1. The van der Waals surface area contributed by atoms with Crippen molar-refractivity contribution < 1.29 is 41.8 Å². The first-order valence-electron chi connectivity index (χ1n) is 10.2. The summed E-state index contributed by atoms with van der Waals surface area (Å²) in [6.07, 6.45) is -3.76. The van der Waals surface area contributed by atoms with Crippen LogP contribution in [0.4, 0.5) is 36.3 Å². The second-order valence-corrected chi connectivity index (χ2v) is 7.17. The topological polar surface area (TPSA) is 203 Å². The minimum Gasteiger partial charge on any atom is -0.475 e. The molecule has 0 aliphatic heterocycles. The molecule has 6 N–H and O–H groups in total. The number of halogens is 3. The number of H-pyrrole nitrogens is 1. The summed E-state index contributed by atoms with van der Waals surface area (Å²) in [7, 11) is 1.25. The molecule has 2 heterocycles. The number of ether oxygens (including phenoxy) is 1. The van der Waals surface area contributed by atoms with Gasteiger partial charge in [0.05, 0.1) is 12.6 Å². The third kappa shape index (κ3) is 6.84. The summed E-state index contributed by atoms with van der Waals surface area (Å²) in [5.74, 6) is -4.11. The lowest BCUT2D eigenvalue weighted by Crippen LogP contribution is -2.21. The monoisotopic (exact) mass is 534 g/mol. The molecule has 0 aliphatic rings. The van der Waals surface area contributed by atoms with Gasteiger partial charge in [0.25, 0.3) is 0 Å². The van der Waals surface area contributed by atoms with Crippen molar-refractivity contribution in [3.63, 3.8) is 0 Å². The van der Waals surface area contributed by atoms with Crippen LogP contribution in [0.15, 0.2) is 57.9 Å². The van der Waals surface area contributed by atoms with Crippen LogP contribution in [0.2, 0.25) is 0 Å². The number of aliphatic carboxylic acids is 1. The van der Waals surface area contributed by atoms with Crippen molar-refractivity contribution >= 4 is 52.1 Å². The maximum atomic E-state index is 12.1. The van der Waals surface area contributed by atoms with E-state index in [4.69, 9.17) is 24.8 Å². The highest BCUT2D eigenvalue weighted by molar-refractivity contribution is 5.96. The Morgan fingerprint density at radius 1 is 1.08 bits per heavy atom. The van der Waals surface area contributed by atoms with Crippen LogP contribution in [0.3, 0.4) is 0 Å². The fourth-order valence-corrected chi connectivity index (χ4v) is 2.81. The van der Waals surface area contributed by atoms with Gasteiger partial charge in [-0.2, -0.15) is 18.2 Å². The van der Waals surface area contributed by atoms with Crippen molar-refractivity contribution in [1.82, 2.24) is 15.0 Å². The maximum absolute atomic E-state index is 12.1. The van der Waals surface area contributed by atoms with Gasteiger partial charge in [-0.3, -0.25) is 9.78 Å². The number of amides is 1. The standard InChI is InChI=1S/C20H16N6O5.C2HF3O2/c1-30-18(28)13-9-22-19(24-11-4-2-10(3-5-11)16(21)27)26-17(13)23-12-6-7-15-14(8-12)25-20(29)31-15;3-2(4,5)1(6)7/h2-9H,1H3,(H2,21,27)(H,25,29)(H2,22,23,24,26);(H,6,7). The second-order valence-electron chi connectivity index (χ2n) is 7.17. The van der Waals surface area contributed by atoms with Gasteiger partial charge in [-0.05, 0) is 42.5 Å². The van der Waals surface area contributed by atoms with Crippen LogP contribution in [0.25, 0.3) is 11.1 Å². The minimum absolute atomic E-state index is 0.109. The van der Waals surface area contributed by atoms with E-state index in [0.29, 0.717) is 28.0 Å². The predicted octanol–water partition coefficient (Wildman–Crippen LogP) is 2.92. The zero-order chi connectivity index (χ0) is 28.0. The van der Waals surface area contributed by atoms with Crippen molar-refractivity contribution in [2.45, 2.75) is 6.18 Å². The number of carbonyl (C=O) groups is 3. The van der Waals surface area contributed by atoms with Crippen LogP contribution in [-0.2, 0) is 9.53 Å². The van der Waals surface area contributed by atoms with Gasteiger partial charge >= 0.3 is 23.9 Å². The third-order valence-electron chi connectivity index (χ3n) is 4.54. The highest BCUT2D eigenvalue weighted by atomic mass is 19.4. The summed E-state index contributed by atoms with van der Waals surface area (Å²) in [6.45, 7) is 0. The van der Waals surface area contributed by atoms with Gasteiger partial charge in [0.1, 0.15) is 5.56 Å². The predicted molar refractivity (Wildman–Crippen MR) is 125 cm³/mol. The Bertz CT molecular complexity index is 1550. The molecule has 2 aromatic carbocycles. The maximum Gasteiger partial charge on any atom is 0.490 e. The van der Waals surface area contributed by atoms with E-state index in [1.807, 2.05) is 0 Å². The third-order valence-corrected chi connectivity index (χ3v) is 4.54. The summed E-state index contributed by atoms with van der Waals surface area (Å²) >= 11 is 0. The van der Waals surface area contributed by atoms with Gasteiger partial charge in [-0.15, -0.1) is 0 Å². The Morgan fingerprint density at radius 3 is 2.29 bits per heavy atom. The first-order chi connectivity index (χ1) is 17.9. The molecular formula is C22H17F3N6O7. The summed E-state index contributed by atoms with van der Waals surface area (Å²) in [5.41, 5.74) is 7.75. The van der Waals surface area contributed by atoms with Gasteiger partial charge < -0.3 is 30.6 Å². The number of carboxylic acid groups (broad SMARTS) is 1. The highest BCUT2D eigenvalue weighted by Crippen LogP contribution is 2.24. The molecule has 4 rings (SSSR count). The molecule has 13 nitrogen and oxygen atoms in total. The zero-order valence-corrected chi connectivity index (χ0v) is 19.1. The lowest BCUT2D eigenvalue weighted by Gasteiger charge is -2.12. The molecule has 0 spiro atoms. The Labute approximate surface area is 209 Å². The molecule has 16 heteroatoms. The first kappa shape index (κ1) is 27.2. The first-order valence-corrected chi connectivity index (χ1v) is 10.2. The number of esters is 1. The van der Waals surface area contributed by atoms with Crippen LogP contribution in [0.5, 0.6) is 0 Å². The van der Waals surface area contributed by atoms with E-state index < -0.39 is 29.8 Å². The average molecular weight is 534 g/mol. The summed E-state index contributed by atoms with van der Waals surface area (Å²) < 4.78 is 41.5. The highest BCUT2D eigenvalue weighted by Gasteiger charge is 2.38. The van der Waals surface area contributed by atoms with E-state index in [2.05, 4.69) is 25.6 Å². The van der Waals surface area contributed by atoms with Crippen molar-refractivity contribution in [2.75, 3.05) is 17.7 Å². The number of oxazole rings is 1. The van der Waals surface area contributed by atoms with E-state index in [-0.39, 0.29) is 17.3 Å². The lowest BCUT2D eigenvalue weighted by molar-refractivity contribution is -0.192. The number of fused-ring (bicyclic) bond motifs is 1. The number of aromatic amines is 1. The van der Waals surface area contributed by atoms with Crippen molar-refractivity contribution in [2.24, 2.45) is 5.73 Å². The molecule has 1 amide bonds. The summed E-state index contributed by atoms with van der Waals surface area (Å²) in [4.78, 5) is 54.6. The SMILES string of the molecule is COC(=O)c1cnc(Nc2ccc(C(N)=O)cc2)nc1Nc1ccc2oc(=O)[nH]c2c1.O=C(O)C(F)(F)F. The number of nitrogens with one attached hydrogen (secondary N) is 3.